The summed E-state index contributed by atoms with van der Waals surface area (Å²) in [7, 11) is 0. The Morgan fingerprint density at radius 1 is 0.522 bits per heavy atom. The van der Waals surface area contributed by atoms with Gasteiger partial charge in [-0.05, 0) is 50.4 Å². The van der Waals surface area contributed by atoms with E-state index in [1.54, 1.807) is 12.4 Å². The number of aliphatic carboxylic acids is 4. The SMILES string of the molecule is CCN(CC)CC(=O)NC1c2ccccc2OCc2ncccc21.CCN(CC)CC(=O)NC1c2ccccc2OCc2ncccc21.O.O.O.O=C(O)/C=C/C(=O)O.O=C(O)/C=C/C(=O)O. The Morgan fingerprint density at radius 2 is 0.821 bits per heavy atom. The van der Waals surface area contributed by atoms with Crippen molar-refractivity contribution in [3.8, 4) is 11.5 Å². The summed E-state index contributed by atoms with van der Waals surface area (Å²) in [6.07, 6.45) is 5.75. The topological polar surface area (TPSA) is 353 Å². The standard InChI is InChI=1S/2C19H23N3O2.2C4H4O4.3H2O/c2*1-3-22(4-2)12-18(23)21-19-14-9-7-11-20-16(14)13-24-17-10-6-5-8-15(17)19;2*5-3(6)1-2-4(7)8;;;/h2*5-11,19H,3-4,12-13H2,1-2H3,(H,21,23);2*1-2H,(H,5,6)(H,7,8);3*1H2/b;;2*2-1+;;;. The third kappa shape index (κ3) is 20.0. The van der Waals surface area contributed by atoms with Crippen LogP contribution in [0.2, 0.25) is 0 Å². The van der Waals surface area contributed by atoms with Gasteiger partial charge in [0.05, 0.1) is 36.6 Å². The number of amides is 2. The van der Waals surface area contributed by atoms with Crippen molar-refractivity contribution in [1.82, 2.24) is 30.4 Å². The zero-order chi connectivity index (χ0) is 47.0. The lowest BCUT2D eigenvalue weighted by Crippen LogP contribution is -2.39. The van der Waals surface area contributed by atoms with E-state index in [-0.39, 0.29) is 40.3 Å². The number of ether oxygens (including phenoxy) is 2. The highest BCUT2D eigenvalue weighted by molar-refractivity contribution is 5.90. The third-order valence-corrected chi connectivity index (χ3v) is 9.53. The monoisotopic (exact) mass is 936 g/mol. The number of hydrogen-bond donors (Lipinski definition) is 6. The zero-order valence-electron chi connectivity index (χ0n) is 37.5. The summed E-state index contributed by atoms with van der Waals surface area (Å²) < 4.78 is 11.8. The molecule has 67 heavy (non-hydrogen) atoms. The minimum Gasteiger partial charge on any atom is -0.487 e. The van der Waals surface area contributed by atoms with E-state index in [2.05, 4.69) is 58.1 Å². The number of nitrogens with one attached hydrogen (secondary N) is 2. The molecule has 0 radical (unpaired) electrons. The van der Waals surface area contributed by atoms with Gasteiger partial charge in [-0.2, -0.15) is 0 Å². The van der Waals surface area contributed by atoms with Gasteiger partial charge >= 0.3 is 23.9 Å². The van der Waals surface area contributed by atoms with Gasteiger partial charge in [0.25, 0.3) is 0 Å². The van der Waals surface area contributed by atoms with Crippen molar-refractivity contribution in [3.05, 3.63) is 143 Å². The number of carbonyl (C=O) groups is 6. The van der Waals surface area contributed by atoms with Crippen molar-refractivity contribution in [2.45, 2.75) is 53.0 Å². The first-order valence-electron chi connectivity index (χ1n) is 20.3. The quantitative estimate of drug-likeness (QED) is 0.0985. The van der Waals surface area contributed by atoms with Gasteiger partial charge in [0.15, 0.2) is 0 Å². The molecule has 6 rings (SSSR count). The number of pyridine rings is 2. The molecule has 2 aromatic heterocycles. The van der Waals surface area contributed by atoms with Gasteiger partial charge in [-0.3, -0.25) is 29.4 Å². The number of aromatic nitrogens is 2. The van der Waals surface area contributed by atoms with Crippen molar-refractivity contribution in [3.63, 3.8) is 0 Å². The van der Waals surface area contributed by atoms with Crippen LogP contribution >= 0.6 is 0 Å². The van der Waals surface area contributed by atoms with Gasteiger partial charge in [0.1, 0.15) is 24.7 Å². The van der Waals surface area contributed by atoms with E-state index in [1.807, 2.05) is 72.8 Å². The second-order valence-electron chi connectivity index (χ2n) is 13.7. The fourth-order valence-electron chi connectivity index (χ4n) is 6.31. The Balaban J connectivity index is 0.000000955. The van der Waals surface area contributed by atoms with E-state index in [0.717, 1.165) is 71.3 Å². The number of carboxylic acids is 4. The summed E-state index contributed by atoms with van der Waals surface area (Å²) in [6.45, 7) is 13.3. The largest absolute Gasteiger partial charge is 0.487 e. The molecule has 21 nitrogen and oxygen atoms in total. The fourth-order valence-corrected chi connectivity index (χ4v) is 6.31. The normalized spacial score (nSPS) is 13.6. The number of likely N-dealkylation sites (N-methyl/N-ethyl adjacent to an activating group) is 2. The van der Waals surface area contributed by atoms with E-state index in [9.17, 15) is 28.8 Å². The highest BCUT2D eigenvalue weighted by Crippen LogP contribution is 2.36. The number of rotatable bonds is 14. The number of hydrogen-bond acceptors (Lipinski definition) is 12. The smallest absolute Gasteiger partial charge is 0.328 e. The summed E-state index contributed by atoms with van der Waals surface area (Å²) in [5.74, 6) is -3.42. The maximum absolute atomic E-state index is 12.6. The van der Waals surface area contributed by atoms with Gasteiger partial charge in [-0.15, -0.1) is 0 Å². The zero-order valence-corrected chi connectivity index (χ0v) is 37.5. The van der Waals surface area contributed by atoms with Gasteiger partial charge in [-0.1, -0.05) is 76.2 Å². The van der Waals surface area contributed by atoms with Crippen LogP contribution in [0.1, 0.15) is 73.4 Å². The Hall–Kier alpha value is -7.56. The molecule has 0 spiro atoms. The molecule has 12 N–H and O–H groups in total. The molecule has 0 aliphatic carbocycles. The molecule has 0 bridgehead atoms. The van der Waals surface area contributed by atoms with Crippen LogP contribution < -0.4 is 20.1 Å². The molecule has 4 aromatic rings. The fraction of sp³-hybridized carbons (Fsp3) is 0.304. The first-order valence-corrected chi connectivity index (χ1v) is 20.3. The van der Waals surface area contributed by atoms with Crippen LogP contribution in [0.3, 0.4) is 0 Å². The Bertz CT molecular complexity index is 1980. The summed E-state index contributed by atoms with van der Waals surface area (Å²) in [5, 5.41) is 37.6. The van der Waals surface area contributed by atoms with Crippen LogP contribution in [0.15, 0.2) is 109 Å². The molecule has 2 aliphatic rings. The maximum atomic E-state index is 12.6. The predicted molar refractivity (Wildman–Crippen MR) is 245 cm³/mol. The molecule has 2 unspecified atom stereocenters. The molecule has 364 valence electrons. The molecule has 0 fully saturated rings. The highest BCUT2D eigenvalue weighted by Gasteiger charge is 2.28. The van der Waals surface area contributed by atoms with Crippen molar-refractivity contribution in [2.75, 3.05) is 39.3 Å². The Labute approximate surface area is 387 Å². The number of nitrogens with zero attached hydrogens (tertiary/aromatic N) is 4. The number of fused-ring (bicyclic) bond motifs is 4. The second-order valence-corrected chi connectivity index (χ2v) is 13.7. The number of carbonyl (C=O) groups excluding carboxylic acids is 2. The van der Waals surface area contributed by atoms with Crippen LogP contribution in [0, 0.1) is 0 Å². The van der Waals surface area contributed by atoms with Crippen molar-refractivity contribution >= 4 is 35.7 Å². The van der Waals surface area contributed by atoms with Gasteiger partial charge in [0.2, 0.25) is 11.8 Å². The predicted octanol–water partition coefficient (Wildman–Crippen LogP) is 1.99. The molecule has 2 atom stereocenters. The van der Waals surface area contributed by atoms with Gasteiger partial charge in [0, 0.05) is 59.0 Å². The molecule has 2 amide bonds. The average Bonchev–Trinajstić information content (AvgIpc) is 3.54. The van der Waals surface area contributed by atoms with Crippen LogP contribution in [0.5, 0.6) is 11.5 Å². The van der Waals surface area contributed by atoms with Crippen LogP contribution in [-0.4, -0.2) is 132 Å². The van der Waals surface area contributed by atoms with E-state index in [0.29, 0.717) is 50.6 Å². The van der Waals surface area contributed by atoms with Crippen LogP contribution in [0.4, 0.5) is 0 Å². The Kier molecular flexibility index (Phi) is 27.8. The van der Waals surface area contributed by atoms with E-state index in [1.165, 1.54) is 0 Å². The number of benzene rings is 2. The lowest BCUT2D eigenvalue weighted by atomic mass is 9.97. The van der Waals surface area contributed by atoms with Crippen molar-refractivity contribution < 1.29 is 75.1 Å². The maximum Gasteiger partial charge on any atom is 0.328 e. The molecular formula is C46H60N6O15. The minimum atomic E-state index is -1.26. The molecule has 0 saturated carbocycles. The van der Waals surface area contributed by atoms with Gasteiger partial charge < -0.3 is 57.0 Å². The molecule has 21 heteroatoms. The average molecular weight is 937 g/mol. The second kappa shape index (κ2) is 31.3. The molecule has 2 aliphatic heterocycles. The molecule has 2 aromatic carbocycles. The summed E-state index contributed by atoms with van der Waals surface area (Å²) in [5.41, 5.74) is 5.66. The highest BCUT2D eigenvalue weighted by atomic mass is 16.5. The van der Waals surface area contributed by atoms with Crippen molar-refractivity contribution in [1.29, 1.82) is 0 Å². The lowest BCUT2D eigenvalue weighted by molar-refractivity contribution is -0.134. The third-order valence-electron chi connectivity index (χ3n) is 9.53. The van der Waals surface area contributed by atoms with Crippen LogP contribution in [0.25, 0.3) is 0 Å². The first kappa shape index (κ1) is 59.4. The Morgan fingerprint density at radius 3 is 1.12 bits per heavy atom. The van der Waals surface area contributed by atoms with E-state index in [4.69, 9.17) is 29.9 Å². The van der Waals surface area contributed by atoms with E-state index < -0.39 is 23.9 Å². The number of para-hydroxylation sites is 2. The lowest BCUT2D eigenvalue weighted by Gasteiger charge is -2.23. The first-order chi connectivity index (χ1) is 30.7. The summed E-state index contributed by atoms with van der Waals surface area (Å²) >= 11 is 0. The summed E-state index contributed by atoms with van der Waals surface area (Å²) in [6, 6.07) is 23.0. The van der Waals surface area contributed by atoms with E-state index >= 15 is 0 Å². The van der Waals surface area contributed by atoms with Crippen LogP contribution in [-0.2, 0) is 42.0 Å². The number of carboxylic acid groups (broad SMARTS) is 4. The molecule has 4 heterocycles. The van der Waals surface area contributed by atoms with Gasteiger partial charge in [-0.25, -0.2) is 19.2 Å². The minimum absolute atomic E-state index is 0. The molecule has 0 saturated heterocycles. The summed E-state index contributed by atoms with van der Waals surface area (Å²) in [4.78, 5) is 76.4. The molecular weight excluding hydrogens is 877 g/mol. The van der Waals surface area contributed by atoms with Crippen molar-refractivity contribution in [2.24, 2.45) is 0 Å².